The average molecular weight is 355 g/mol. The third kappa shape index (κ3) is 2.67. The van der Waals surface area contributed by atoms with Crippen molar-refractivity contribution in [2.45, 2.75) is 19.4 Å². The molecule has 1 nitrogen and oxygen atoms in total. The van der Waals surface area contributed by atoms with Crippen LogP contribution in [0.15, 0.2) is 22.7 Å². The van der Waals surface area contributed by atoms with Crippen LogP contribution in [0.4, 0.5) is 0 Å². The predicted molar refractivity (Wildman–Crippen MR) is 66.9 cm³/mol. The summed E-state index contributed by atoms with van der Waals surface area (Å²) < 4.78 is 7.75. The molecule has 1 aromatic carbocycles. The van der Waals surface area contributed by atoms with Crippen LogP contribution in [0.1, 0.15) is 19.4 Å². The number of hydrogen-bond acceptors (Lipinski definition) is 1. The van der Waals surface area contributed by atoms with E-state index in [1.165, 1.54) is 9.13 Å². The lowest BCUT2D eigenvalue weighted by atomic mass is 9.98. The SMILES string of the molecule is COC(C)(C)c1cc(Br)ccc1I. The summed E-state index contributed by atoms with van der Waals surface area (Å²) in [7, 11) is 1.73. The third-order valence-electron chi connectivity index (χ3n) is 2.09. The van der Waals surface area contributed by atoms with Gasteiger partial charge in [0.2, 0.25) is 0 Å². The molecule has 0 amide bonds. The molecular weight excluding hydrogens is 343 g/mol. The quantitative estimate of drug-likeness (QED) is 0.731. The van der Waals surface area contributed by atoms with Gasteiger partial charge in [-0.2, -0.15) is 0 Å². The fourth-order valence-electron chi connectivity index (χ4n) is 1.07. The Labute approximate surface area is 101 Å². The largest absolute Gasteiger partial charge is 0.374 e. The molecule has 0 aliphatic rings. The van der Waals surface area contributed by atoms with Crippen molar-refractivity contribution in [1.82, 2.24) is 0 Å². The molecule has 0 fully saturated rings. The fraction of sp³-hybridized carbons (Fsp3) is 0.400. The first-order valence-electron chi connectivity index (χ1n) is 3.98. The van der Waals surface area contributed by atoms with E-state index in [2.05, 4.69) is 64.5 Å². The first-order chi connectivity index (χ1) is 5.97. The number of ether oxygens (including phenoxy) is 1. The highest BCUT2D eigenvalue weighted by molar-refractivity contribution is 14.1. The number of hydrogen-bond donors (Lipinski definition) is 0. The molecule has 0 radical (unpaired) electrons. The van der Waals surface area contributed by atoms with Crippen LogP contribution in [-0.4, -0.2) is 7.11 Å². The van der Waals surface area contributed by atoms with E-state index < -0.39 is 0 Å². The molecule has 0 aromatic heterocycles. The number of benzene rings is 1. The van der Waals surface area contributed by atoms with Gasteiger partial charge in [0.15, 0.2) is 0 Å². The first kappa shape index (κ1) is 11.5. The van der Waals surface area contributed by atoms with Crippen molar-refractivity contribution >= 4 is 38.5 Å². The van der Waals surface area contributed by atoms with Gasteiger partial charge in [0.05, 0.1) is 5.60 Å². The summed E-state index contributed by atoms with van der Waals surface area (Å²) in [5, 5.41) is 0. The van der Waals surface area contributed by atoms with Gasteiger partial charge < -0.3 is 4.74 Å². The van der Waals surface area contributed by atoms with Gasteiger partial charge >= 0.3 is 0 Å². The van der Waals surface area contributed by atoms with Gasteiger partial charge in [0, 0.05) is 15.2 Å². The molecule has 0 heterocycles. The monoisotopic (exact) mass is 354 g/mol. The minimum absolute atomic E-state index is 0.222. The summed E-state index contributed by atoms with van der Waals surface area (Å²) >= 11 is 5.78. The molecule has 13 heavy (non-hydrogen) atoms. The first-order valence-corrected chi connectivity index (χ1v) is 5.85. The van der Waals surface area contributed by atoms with Crippen molar-refractivity contribution in [2.24, 2.45) is 0 Å². The van der Waals surface area contributed by atoms with E-state index in [-0.39, 0.29) is 5.60 Å². The van der Waals surface area contributed by atoms with Gasteiger partial charge in [-0.1, -0.05) is 15.9 Å². The summed E-state index contributed by atoms with van der Waals surface area (Å²) in [5.41, 5.74) is 0.991. The van der Waals surface area contributed by atoms with Crippen molar-refractivity contribution in [3.8, 4) is 0 Å². The topological polar surface area (TPSA) is 9.23 Å². The highest BCUT2D eigenvalue weighted by Gasteiger charge is 2.22. The summed E-state index contributed by atoms with van der Waals surface area (Å²) in [6.07, 6.45) is 0. The van der Waals surface area contributed by atoms with Crippen molar-refractivity contribution in [3.05, 3.63) is 31.8 Å². The van der Waals surface area contributed by atoms with Gasteiger partial charge in [0.25, 0.3) is 0 Å². The van der Waals surface area contributed by atoms with E-state index in [4.69, 9.17) is 4.74 Å². The van der Waals surface area contributed by atoms with E-state index in [0.717, 1.165) is 4.47 Å². The van der Waals surface area contributed by atoms with Crippen LogP contribution >= 0.6 is 38.5 Å². The third-order valence-corrected chi connectivity index (χ3v) is 3.52. The average Bonchev–Trinajstić information content (AvgIpc) is 2.09. The van der Waals surface area contributed by atoms with Gasteiger partial charge in [0.1, 0.15) is 0 Å². The molecule has 0 aliphatic carbocycles. The minimum atomic E-state index is -0.222. The maximum Gasteiger partial charge on any atom is 0.0882 e. The molecule has 1 rings (SSSR count). The zero-order valence-electron chi connectivity index (χ0n) is 7.90. The van der Waals surface area contributed by atoms with Crippen molar-refractivity contribution in [3.63, 3.8) is 0 Å². The predicted octanol–water partition coefficient (Wildman–Crippen LogP) is 3.94. The Morgan fingerprint density at radius 1 is 1.38 bits per heavy atom. The van der Waals surface area contributed by atoms with Crippen molar-refractivity contribution < 1.29 is 4.74 Å². The molecular formula is C10H12BrIO. The summed E-state index contributed by atoms with van der Waals surface area (Å²) in [6, 6.07) is 6.23. The smallest absolute Gasteiger partial charge is 0.0882 e. The molecule has 0 bridgehead atoms. The second-order valence-electron chi connectivity index (χ2n) is 3.34. The van der Waals surface area contributed by atoms with E-state index in [1.54, 1.807) is 7.11 Å². The molecule has 3 heteroatoms. The molecule has 0 spiro atoms. The van der Waals surface area contributed by atoms with E-state index in [1.807, 2.05) is 6.07 Å². The number of methoxy groups -OCH3 is 1. The summed E-state index contributed by atoms with van der Waals surface area (Å²) in [4.78, 5) is 0. The Bertz CT molecular complexity index is 310. The Hall–Kier alpha value is 0.390. The lowest BCUT2D eigenvalue weighted by Gasteiger charge is -2.24. The van der Waals surface area contributed by atoms with Crippen molar-refractivity contribution in [2.75, 3.05) is 7.11 Å². The molecule has 72 valence electrons. The molecule has 0 N–H and O–H groups in total. The van der Waals surface area contributed by atoms with Gasteiger partial charge in [-0.15, -0.1) is 0 Å². The van der Waals surface area contributed by atoms with Crippen molar-refractivity contribution in [1.29, 1.82) is 0 Å². The van der Waals surface area contributed by atoms with Crippen LogP contribution in [0.2, 0.25) is 0 Å². The highest BCUT2D eigenvalue weighted by Crippen LogP contribution is 2.30. The van der Waals surface area contributed by atoms with Crippen LogP contribution in [-0.2, 0) is 10.3 Å². The normalized spacial score (nSPS) is 11.8. The van der Waals surface area contributed by atoms with E-state index >= 15 is 0 Å². The van der Waals surface area contributed by atoms with E-state index in [9.17, 15) is 0 Å². The Morgan fingerprint density at radius 2 is 2.00 bits per heavy atom. The molecule has 0 unspecified atom stereocenters. The fourth-order valence-corrected chi connectivity index (χ4v) is 2.41. The highest BCUT2D eigenvalue weighted by atomic mass is 127. The molecule has 0 saturated heterocycles. The van der Waals surface area contributed by atoms with Crippen LogP contribution in [0.3, 0.4) is 0 Å². The summed E-state index contributed by atoms with van der Waals surface area (Å²) in [5.74, 6) is 0. The van der Waals surface area contributed by atoms with Gasteiger partial charge in [-0.05, 0) is 60.2 Å². The Balaban J connectivity index is 3.20. The van der Waals surface area contributed by atoms with Gasteiger partial charge in [-0.25, -0.2) is 0 Å². The van der Waals surface area contributed by atoms with Crippen LogP contribution in [0, 0.1) is 3.57 Å². The molecule has 1 aromatic rings. The zero-order valence-corrected chi connectivity index (χ0v) is 11.6. The maximum absolute atomic E-state index is 5.43. The minimum Gasteiger partial charge on any atom is -0.374 e. The molecule has 0 atom stereocenters. The van der Waals surface area contributed by atoms with Crippen LogP contribution in [0.25, 0.3) is 0 Å². The lowest BCUT2D eigenvalue weighted by Crippen LogP contribution is -2.20. The second-order valence-corrected chi connectivity index (χ2v) is 5.42. The Morgan fingerprint density at radius 3 is 2.54 bits per heavy atom. The molecule has 0 aliphatic heterocycles. The second kappa shape index (κ2) is 4.28. The maximum atomic E-state index is 5.43. The van der Waals surface area contributed by atoms with Crippen LogP contribution in [0.5, 0.6) is 0 Å². The van der Waals surface area contributed by atoms with E-state index in [0.29, 0.717) is 0 Å². The Kier molecular flexibility index (Phi) is 3.77. The lowest BCUT2D eigenvalue weighted by molar-refractivity contribution is 0.0185. The van der Waals surface area contributed by atoms with Crippen LogP contribution < -0.4 is 0 Å². The zero-order chi connectivity index (χ0) is 10.1. The standard InChI is InChI=1S/C10H12BrIO/c1-10(2,13-3)8-6-7(11)4-5-9(8)12/h4-6H,1-3H3. The number of rotatable bonds is 2. The number of halogens is 2. The summed E-state index contributed by atoms with van der Waals surface area (Å²) in [6.45, 7) is 4.13. The van der Waals surface area contributed by atoms with Gasteiger partial charge in [-0.3, -0.25) is 0 Å². The molecule has 0 saturated carbocycles.